The van der Waals surface area contributed by atoms with Crippen molar-refractivity contribution in [1.82, 2.24) is 24.8 Å². The second-order valence-corrected chi connectivity index (χ2v) is 10.7. The van der Waals surface area contributed by atoms with E-state index in [-0.39, 0.29) is 0 Å². The molecule has 2 aromatic carbocycles. The van der Waals surface area contributed by atoms with Crippen molar-refractivity contribution < 1.29 is 0 Å². The molecule has 158 valence electrons. The molecule has 0 amide bonds. The molecule has 1 aliphatic heterocycles. The first kappa shape index (κ1) is 18.6. The zero-order chi connectivity index (χ0) is 21.2. The number of thiophene rings is 2. The van der Waals surface area contributed by atoms with Gasteiger partial charge < -0.3 is 9.97 Å². The zero-order valence-corrected chi connectivity index (χ0v) is 19.2. The molecule has 0 saturated carbocycles. The van der Waals surface area contributed by atoms with Crippen molar-refractivity contribution >= 4 is 54.1 Å². The van der Waals surface area contributed by atoms with Crippen molar-refractivity contribution in [2.75, 3.05) is 13.6 Å². The molecule has 0 aliphatic carbocycles. The van der Waals surface area contributed by atoms with E-state index >= 15 is 0 Å². The van der Waals surface area contributed by atoms with E-state index in [9.17, 15) is 0 Å². The summed E-state index contributed by atoms with van der Waals surface area (Å²) in [5.74, 6) is 1.10. The second-order valence-electron chi connectivity index (χ2n) is 8.58. The van der Waals surface area contributed by atoms with E-state index in [4.69, 9.17) is 4.98 Å². The van der Waals surface area contributed by atoms with Gasteiger partial charge in [0.25, 0.3) is 0 Å². The van der Waals surface area contributed by atoms with E-state index in [1.165, 1.54) is 43.1 Å². The molecule has 0 bridgehead atoms. The van der Waals surface area contributed by atoms with Crippen molar-refractivity contribution in [1.29, 1.82) is 0 Å². The van der Waals surface area contributed by atoms with Crippen LogP contribution in [0.5, 0.6) is 0 Å². The van der Waals surface area contributed by atoms with Crippen LogP contribution in [0.4, 0.5) is 0 Å². The number of rotatable bonds is 3. The maximum Gasteiger partial charge on any atom is 0.124 e. The van der Waals surface area contributed by atoms with Crippen LogP contribution in [0.1, 0.15) is 24.7 Å². The fourth-order valence-electron chi connectivity index (χ4n) is 4.81. The van der Waals surface area contributed by atoms with Crippen LogP contribution in [0.25, 0.3) is 52.3 Å². The van der Waals surface area contributed by atoms with Gasteiger partial charge in [0.15, 0.2) is 0 Å². The first-order chi connectivity index (χ1) is 15.7. The maximum absolute atomic E-state index is 4.88. The number of likely N-dealkylation sites (tertiary alicyclic amines) is 1. The molecular weight excluding hydrogens is 434 g/mol. The van der Waals surface area contributed by atoms with Crippen LogP contribution < -0.4 is 0 Å². The molecule has 5 heterocycles. The summed E-state index contributed by atoms with van der Waals surface area (Å²) in [6.07, 6.45) is 4.17. The van der Waals surface area contributed by atoms with Gasteiger partial charge in [0.05, 0.1) is 34.4 Å². The predicted molar refractivity (Wildman–Crippen MR) is 134 cm³/mol. The van der Waals surface area contributed by atoms with Gasteiger partial charge in [0.1, 0.15) is 5.82 Å². The second kappa shape index (κ2) is 7.00. The third-order valence-electron chi connectivity index (χ3n) is 6.53. The van der Waals surface area contributed by atoms with Gasteiger partial charge in [-0.05, 0) is 74.0 Å². The fourth-order valence-corrected chi connectivity index (χ4v) is 7.19. The van der Waals surface area contributed by atoms with Crippen LogP contribution in [-0.4, -0.2) is 38.4 Å². The summed E-state index contributed by atoms with van der Waals surface area (Å²) in [5.41, 5.74) is 6.76. The first-order valence-electron chi connectivity index (χ1n) is 10.9. The fraction of sp³-hybridized carbons (Fsp3) is 0.200. The van der Waals surface area contributed by atoms with Gasteiger partial charge in [-0.1, -0.05) is 12.1 Å². The molecule has 5 nitrogen and oxygen atoms in total. The van der Waals surface area contributed by atoms with Crippen molar-refractivity contribution in [3.8, 4) is 20.9 Å². The average molecular weight is 456 g/mol. The van der Waals surface area contributed by atoms with Crippen LogP contribution in [0.15, 0.2) is 54.9 Å². The molecule has 32 heavy (non-hydrogen) atoms. The number of aromatic amines is 2. The topological polar surface area (TPSA) is 60.6 Å². The lowest BCUT2D eigenvalue weighted by Crippen LogP contribution is -2.18. The van der Waals surface area contributed by atoms with Crippen LogP contribution in [0, 0.1) is 0 Å². The predicted octanol–water partition coefficient (Wildman–Crippen LogP) is 6.82. The van der Waals surface area contributed by atoms with Crippen LogP contribution in [-0.2, 0) is 0 Å². The number of imidazole rings is 2. The van der Waals surface area contributed by atoms with Gasteiger partial charge >= 0.3 is 0 Å². The Bertz CT molecular complexity index is 1570. The Labute approximate surface area is 192 Å². The normalized spacial score (nSPS) is 17.3. The molecule has 0 spiro atoms. The summed E-state index contributed by atoms with van der Waals surface area (Å²) in [6, 6.07) is 18.1. The average Bonchev–Trinajstić information content (AvgIpc) is 3.59. The molecular formula is C25H21N5S2. The number of hydrogen-bond donors (Lipinski definition) is 2. The molecule has 6 aromatic rings. The Morgan fingerprint density at radius 2 is 1.62 bits per heavy atom. The first-order valence-corrected chi connectivity index (χ1v) is 12.5. The zero-order valence-electron chi connectivity index (χ0n) is 17.6. The number of nitrogens with one attached hydrogen (secondary N) is 2. The lowest BCUT2D eigenvalue weighted by molar-refractivity contribution is 0.307. The number of fused-ring (bicyclic) bond motifs is 3. The molecule has 4 aromatic heterocycles. The highest BCUT2D eigenvalue weighted by Gasteiger charge is 2.25. The van der Waals surface area contributed by atoms with E-state index in [1.54, 1.807) is 6.33 Å². The Morgan fingerprint density at radius 1 is 0.906 bits per heavy atom. The lowest BCUT2D eigenvalue weighted by atomic mass is 10.1. The molecule has 1 fully saturated rings. The minimum absolute atomic E-state index is 0.414. The van der Waals surface area contributed by atoms with Crippen LogP contribution >= 0.6 is 22.7 Å². The van der Waals surface area contributed by atoms with E-state index in [0.29, 0.717) is 6.04 Å². The largest absolute Gasteiger partial charge is 0.345 e. The highest BCUT2D eigenvalue weighted by molar-refractivity contribution is 7.31. The van der Waals surface area contributed by atoms with Gasteiger partial charge in [-0.15, -0.1) is 22.7 Å². The Hall–Kier alpha value is -3.00. The Balaban J connectivity index is 1.23. The summed E-state index contributed by atoms with van der Waals surface area (Å²) in [5, 5.41) is 0. The molecule has 1 aliphatic rings. The summed E-state index contributed by atoms with van der Waals surface area (Å²) in [7, 11) is 2.19. The molecule has 1 unspecified atom stereocenters. The van der Waals surface area contributed by atoms with Gasteiger partial charge in [-0.3, -0.25) is 4.90 Å². The number of aromatic nitrogens is 4. The number of benzene rings is 2. The number of H-pyrrole nitrogens is 2. The maximum atomic E-state index is 4.88. The third kappa shape index (κ3) is 2.92. The van der Waals surface area contributed by atoms with Crippen molar-refractivity contribution in [3.63, 3.8) is 0 Å². The minimum Gasteiger partial charge on any atom is -0.345 e. The molecule has 7 rings (SSSR count). The quantitative estimate of drug-likeness (QED) is 0.308. The summed E-state index contributed by atoms with van der Waals surface area (Å²) < 4.78 is 2.67. The highest BCUT2D eigenvalue weighted by atomic mass is 32.1. The molecule has 7 heteroatoms. The summed E-state index contributed by atoms with van der Waals surface area (Å²) in [6.45, 7) is 1.15. The summed E-state index contributed by atoms with van der Waals surface area (Å²) >= 11 is 3.71. The highest BCUT2D eigenvalue weighted by Crippen LogP contribution is 2.42. The van der Waals surface area contributed by atoms with Gasteiger partial charge in [-0.2, -0.15) is 0 Å². The number of hydrogen-bond acceptors (Lipinski definition) is 5. The van der Waals surface area contributed by atoms with Crippen LogP contribution in [0.2, 0.25) is 0 Å². The molecule has 0 radical (unpaired) electrons. The van der Waals surface area contributed by atoms with Crippen LogP contribution in [0.3, 0.4) is 0 Å². The van der Waals surface area contributed by atoms with E-state index < -0.39 is 0 Å². The summed E-state index contributed by atoms with van der Waals surface area (Å²) in [4.78, 5) is 21.0. The van der Waals surface area contributed by atoms with E-state index in [2.05, 4.69) is 75.4 Å². The van der Waals surface area contributed by atoms with E-state index in [0.717, 1.165) is 34.4 Å². The van der Waals surface area contributed by atoms with Crippen molar-refractivity contribution in [2.45, 2.75) is 18.9 Å². The Kier molecular flexibility index (Phi) is 4.06. The third-order valence-corrected chi connectivity index (χ3v) is 8.92. The standard InChI is InChI=1S/C25H21N5S2/c1-30-8-2-3-20(30)25-28-17-7-5-15(10-19(17)29-25)22-12-24-23(32-22)11-21(31-24)14-4-6-16-18(9-14)27-13-26-16/h4-7,9-13,20H,2-3,8H2,1H3,(H,26,27)(H,28,29). The number of nitrogens with zero attached hydrogens (tertiary/aromatic N) is 3. The SMILES string of the molecule is CN1CCCC1c1nc2ccc(-c3cc4sc(-c5ccc6nc[nH]c6c5)cc4s3)cc2[nH]1. The van der Waals surface area contributed by atoms with Gasteiger partial charge in [0.2, 0.25) is 0 Å². The monoisotopic (exact) mass is 455 g/mol. The minimum atomic E-state index is 0.414. The Morgan fingerprint density at radius 3 is 2.34 bits per heavy atom. The lowest BCUT2D eigenvalue weighted by Gasteiger charge is -2.16. The molecule has 1 saturated heterocycles. The van der Waals surface area contributed by atoms with E-state index in [1.807, 2.05) is 22.7 Å². The van der Waals surface area contributed by atoms with Crippen molar-refractivity contribution in [2.24, 2.45) is 0 Å². The molecule has 2 N–H and O–H groups in total. The molecule has 1 atom stereocenters. The van der Waals surface area contributed by atoms with Gasteiger partial charge in [-0.25, -0.2) is 9.97 Å². The van der Waals surface area contributed by atoms with Crippen molar-refractivity contribution in [3.05, 3.63) is 60.7 Å². The smallest absolute Gasteiger partial charge is 0.124 e. The van der Waals surface area contributed by atoms with Gasteiger partial charge in [0, 0.05) is 19.2 Å².